The van der Waals surface area contributed by atoms with E-state index in [-0.39, 0.29) is 5.91 Å². The van der Waals surface area contributed by atoms with Crippen molar-refractivity contribution < 1.29 is 9.90 Å². The van der Waals surface area contributed by atoms with Crippen molar-refractivity contribution >= 4 is 23.4 Å². The fourth-order valence-corrected chi connectivity index (χ4v) is 3.04. The number of amides is 1. The second kappa shape index (κ2) is 4.88. The third-order valence-corrected chi connectivity index (χ3v) is 3.85. The summed E-state index contributed by atoms with van der Waals surface area (Å²) in [4.78, 5) is 21.1. The molecule has 0 saturated carbocycles. The van der Waals surface area contributed by atoms with Crippen molar-refractivity contribution in [1.82, 2.24) is 9.97 Å². The number of nitrogens with zero attached hydrogens (tertiary/aromatic N) is 2. The minimum atomic E-state index is -1.07. The number of fused-ring (bicyclic) bond motifs is 1. The number of hydrogen-bond donors (Lipinski definition) is 2. The van der Waals surface area contributed by atoms with Gasteiger partial charge in [-0.15, -0.1) is 0 Å². The third-order valence-electron chi connectivity index (χ3n) is 3.00. The number of nitrogens with one attached hydrogen (secondary N) is 1. The van der Waals surface area contributed by atoms with Crippen LogP contribution in [-0.4, -0.2) is 21.0 Å². The van der Waals surface area contributed by atoms with Crippen LogP contribution >= 0.6 is 11.8 Å². The summed E-state index contributed by atoms with van der Waals surface area (Å²) < 4.78 is 0. The van der Waals surface area contributed by atoms with Crippen molar-refractivity contribution in [3.63, 3.8) is 0 Å². The van der Waals surface area contributed by atoms with Crippen LogP contribution in [0.2, 0.25) is 0 Å². The van der Waals surface area contributed by atoms with Gasteiger partial charge < -0.3 is 10.4 Å². The Kier molecular flexibility index (Phi) is 3.19. The molecule has 20 heavy (non-hydrogen) atoms. The van der Waals surface area contributed by atoms with E-state index in [2.05, 4.69) is 15.3 Å². The first-order valence-corrected chi connectivity index (χ1v) is 6.97. The van der Waals surface area contributed by atoms with Gasteiger partial charge in [0.15, 0.2) is 11.3 Å². The van der Waals surface area contributed by atoms with Crippen molar-refractivity contribution in [3.05, 3.63) is 41.2 Å². The number of rotatable bonds is 2. The third kappa shape index (κ3) is 2.39. The molecule has 1 aromatic carbocycles. The molecule has 0 spiro atoms. The lowest BCUT2D eigenvalue weighted by Gasteiger charge is -2.05. The summed E-state index contributed by atoms with van der Waals surface area (Å²) in [6, 6.07) is 7.36. The summed E-state index contributed by atoms with van der Waals surface area (Å²) in [5.41, 5.74) is 3.10. The number of aromatic nitrogens is 2. The maximum absolute atomic E-state index is 11.4. The zero-order valence-corrected chi connectivity index (χ0v) is 11.9. The average Bonchev–Trinajstić information content (AvgIpc) is 2.63. The van der Waals surface area contributed by atoms with E-state index < -0.39 is 6.10 Å². The molecule has 2 N–H and O–H groups in total. The highest BCUT2D eigenvalue weighted by molar-refractivity contribution is 7.99. The van der Waals surface area contributed by atoms with Gasteiger partial charge in [-0.3, -0.25) is 4.79 Å². The average molecular weight is 287 g/mol. The monoisotopic (exact) mass is 287 g/mol. The van der Waals surface area contributed by atoms with Crippen LogP contribution < -0.4 is 5.32 Å². The predicted octanol–water partition coefficient (Wildman–Crippen LogP) is 2.23. The normalized spacial score (nSPS) is 16.9. The van der Waals surface area contributed by atoms with Crippen LogP contribution in [0.1, 0.15) is 23.1 Å². The first-order valence-electron chi connectivity index (χ1n) is 6.16. The summed E-state index contributed by atoms with van der Waals surface area (Å²) in [6.45, 7) is 3.86. The van der Waals surface area contributed by atoms with Gasteiger partial charge in [-0.05, 0) is 43.8 Å². The molecule has 1 aliphatic rings. The number of carbonyl (C=O) groups is 1. The molecule has 1 aliphatic heterocycles. The van der Waals surface area contributed by atoms with E-state index >= 15 is 0 Å². The fraction of sp³-hybridized carbons (Fsp3) is 0.214. The van der Waals surface area contributed by atoms with Crippen LogP contribution in [-0.2, 0) is 4.79 Å². The number of carbonyl (C=O) groups excluding carboxylic acids is 1. The SMILES string of the molecule is Cc1cc(C)nc(Sc2ccc3c(c2)NC(=O)C3O)n1. The maximum atomic E-state index is 11.4. The summed E-state index contributed by atoms with van der Waals surface area (Å²) in [7, 11) is 0. The molecule has 0 saturated heterocycles. The van der Waals surface area contributed by atoms with Crippen molar-refractivity contribution in [2.45, 2.75) is 30.0 Å². The van der Waals surface area contributed by atoms with Gasteiger partial charge in [0.1, 0.15) is 0 Å². The van der Waals surface area contributed by atoms with E-state index in [0.29, 0.717) is 16.4 Å². The van der Waals surface area contributed by atoms with Crippen LogP contribution in [0.4, 0.5) is 5.69 Å². The Bertz CT molecular complexity index is 683. The van der Waals surface area contributed by atoms with Crippen LogP contribution in [0.25, 0.3) is 0 Å². The van der Waals surface area contributed by atoms with E-state index in [1.165, 1.54) is 11.8 Å². The van der Waals surface area contributed by atoms with Gasteiger partial charge >= 0.3 is 0 Å². The number of aryl methyl sites for hydroxylation is 2. The second-order valence-corrected chi connectivity index (χ2v) is 5.72. The molecule has 0 radical (unpaired) electrons. The fourth-order valence-electron chi connectivity index (χ4n) is 2.13. The minimum absolute atomic E-state index is 0.384. The molecular formula is C14H13N3O2S. The van der Waals surface area contributed by atoms with E-state index in [1.807, 2.05) is 32.0 Å². The van der Waals surface area contributed by atoms with E-state index in [1.54, 1.807) is 6.07 Å². The lowest BCUT2D eigenvalue weighted by molar-refractivity contribution is -0.123. The second-order valence-electron chi connectivity index (χ2n) is 4.68. The summed E-state index contributed by atoms with van der Waals surface area (Å²) in [5, 5.41) is 13.0. The molecule has 102 valence electrons. The summed E-state index contributed by atoms with van der Waals surface area (Å²) in [5.74, 6) is -0.384. The molecule has 1 atom stereocenters. The van der Waals surface area contributed by atoms with Crippen molar-refractivity contribution in [2.75, 3.05) is 5.32 Å². The maximum Gasteiger partial charge on any atom is 0.257 e. The molecule has 2 heterocycles. The highest BCUT2D eigenvalue weighted by atomic mass is 32.2. The largest absolute Gasteiger partial charge is 0.378 e. The number of aliphatic hydroxyl groups excluding tert-OH is 1. The Morgan fingerprint density at radius 2 is 1.90 bits per heavy atom. The van der Waals surface area contributed by atoms with Gasteiger partial charge in [-0.25, -0.2) is 9.97 Å². The first-order chi connectivity index (χ1) is 9.52. The summed E-state index contributed by atoms with van der Waals surface area (Å²) in [6.07, 6.45) is -1.07. The Balaban J connectivity index is 1.89. The Hall–Kier alpha value is -1.92. The molecular weight excluding hydrogens is 274 g/mol. The Morgan fingerprint density at radius 1 is 1.20 bits per heavy atom. The van der Waals surface area contributed by atoms with E-state index in [0.717, 1.165) is 16.3 Å². The zero-order valence-electron chi connectivity index (χ0n) is 11.0. The van der Waals surface area contributed by atoms with Gasteiger partial charge in [0.05, 0.1) is 0 Å². The van der Waals surface area contributed by atoms with Gasteiger partial charge in [0.25, 0.3) is 5.91 Å². The standard InChI is InChI=1S/C14H13N3O2S/c1-7-5-8(2)16-14(15-7)20-9-3-4-10-11(6-9)17-13(19)12(10)18/h3-6,12,18H,1-2H3,(H,17,19). The zero-order chi connectivity index (χ0) is 14.3. The Morgan fingerprint density at radius 3 is 2.60 bits per heavy atom. The van der Waals surface area contributed by atoms with E-state index in [9.17, 15) is 9.90 Å². The molecule has 5 nitrogen and oxygen atoms in total. The van der Waals surface area contributed by atoms with E-state index in [4.69, 9.17) is 0 Å². The summed E-state index contributed by atoms with van der Waals surface area (Å²) >= 11 is 1.43. The van der Waals surface area contributed by atoms with Crippen molar-refractivity contribution in [3.8, 4) is 0 Å². The minimum Gasteiger partial charge on any atom is -0.378 e. The highest BCUT2D eigenvalue weighted by Gasteiger charge is 2.28. The number of anilines is 1. The topological polar surface area (TPSA) is 75.1 Å². The molecule has 0 aliphatic carbocycles. The first kappa shape index (κ1) is 13.1. The number of benzene rings is 1. The number of hydrogen-bond acceptors (Lipinski definition) is 5. The van der Waals surface area contributed by atoms with Gasteiger partial charge in [-0.2, -0.15) is 0 Å². The molecule has 1 unspecified atom stereocenters. The molecule has 6 heteroatoms. The van der Waals surface area contributed by atoms with Crippen LogP contribution in [0.15, 0.2) is 34.3 Å². The predicted molar refractivity (Wildman–Crippen MR) is 75.7 cm³/mol. The van der Waals surface area contributed by atoms with Crippen molar-refractivity contribution in [2.24, 2.45) is 0 Å². The quantitative estimate of drug-likeness (QED) is 0.828. The number of aliphatic hydroxyl groups is 1. The molecule has 2 aromatic rings. The smallest absolute Gasteiger partial charge is 0.257 e. The molecule has 1 amide bonds. The van der Waals surface area contributed by atoms with Gasteiger partial charge in [-0.1, -0.05) is 6.07 Å². The molecule has 0 bridgehead atoms. The van der Waals surface area contributed by atoms with Crippen molar-refractivity contribution in [1.29, 1.82) is 0 Å². The van der Waals surface area contributed by atoms with Gasteiger partial charge in [0.2, 0.25) is 0 Å². The molecule has 0 fully saturated rings. The molecule has 3 rings (SSSR count). The highest BCUT2D eigenvalue weighted by Crippen LogP contribution is 2.35. The molecule has 1 aromatic heterocycles. The van der Waals surface area contributed by atoms with Crippen LogP contribution in [0.5, 0.6) is 0 Å². The Labute approximate surface area is 120 Å². The van der Waals surface area contributed by atoms with Crippen LogP contribution in [0.3, 0.4) is 0 Å². The van der Waals surface area contributed by atoms with Crippen LogP contribution in [0, 0.1) is 13.8 Å². The van der Waals surface area contributed by atoms with Gasteiger partial charge in [0, 0.05) is 27.5 Å². The lowest BCUT2D eigenvalue weighted by atomic mass is 10.1. The lowest BCUT2D eigenvalue weighted by Crippen LogP contribution is -2.10.